The molecule has 17 nitrogen and oxygen atoms in total. The van der Waals surface area contributed by atoms with Crippen molar-refractivity contribution < 1.29 is 62.0 Å². The number of rotatable bonds is 11. The summed E-state index contributed by atoms with van der Waals surface area (Å²) in [6.07, 6.45) is -2.32. The summed E-state index contributed by atoms with van der Waals surface area (Å²) in [5.41, 5.74) is 3.67. The van der Waals surface area contributed by atoms with Crippen LogP contribution in [0, 0.1) is 11.6 Å². The summed E-state index contributed by atoms with van der Waals surface area (Å²) in [6.45, 7) is 10.7. The number of carbonyl (C=O) groups is 7. The molecule has 0 saturated carbocycles. The van der Waals surface area contributed by atoms with E-state index in [9.17, 15) is 42.3 Å². The summed E-state index contributed by atoms with van der Waals surface area (Å²) in [4.78, 5) is 82.1. The lowest BCUT2D eigenvalue weighted by Crippen LogP contribution is -2.27. The zero-order valence-corrected chi connectivity index (χ0v) is 42.0. The molecule has 0 aromatic heterocycles. The SMILES string of the molecule is CC(C)(C)OC(=O)Nc1ccc(NC(=O)c2ccccc2-c2ccccc2)cc1.CC(C)(C)OC(=O)Nc1ccc(NC(=O)c2ccccc2C(=O)O)cc1.O=C(O)Nc1ccc(NC(=O)c2cccc(F)c2F)cc1. The van der Waals surface area contributed by atoms with Gasteiger partial charge in [0.2, 0.25) is 0 Å². The molecule has 76 heavy (non-hydrogen) atoms. The van der Waals surface area contributed by atoms with Gasteiger partial charge >= 0.3 is 24.2 Å². The smallest absolute Gasteiger partial charge is 0.412 e. The number of halogens is 2. The molecule has 19 heteroatoms. The van der Waals surface area contributed by atoms with Crippen molar-refractivity contribution in [2.24, 2.45) is 0 Å². The van der Waals surface area contributed by atoms with Crippen LogP contribution in [0.25, 0.3) is 11.1 Å². The molecule has 0 bridgehead atoms. The van der Waals surface area contributed by atoms with Gasteiger partial charge in [0.15, 0.2) is 11.6 Å². The van der Waals surface area contributed by atoms with E-state index in [1.54, 1.807) is 108 Å². The third-order valence-electron chi connectivity index (χ3n) is 9.82. The number of carboxylic acid groups (broad SMARTS) is 2. The van der Waals surface area contributed by atoms with Crippen molar-refractivity contribution in [3.63, 3.8) is 0 Å². The van der Waals surface area contributed by atoms with E-state index in [-0.39, 0.29) is 17.0 Å². The van der Waals surface area contributed by atoms with Crippen LogP contribution in [0.1, 0.15) is 83.0 Å². The lowest BCUT2D eigenvalue weighted by Gasteiger charge is -2.19. The number of aromatic carboxylic acids is 1. The van der Waals surface area contributed by atoms with Gasteiger partial charge in [0.05, 0.1) is 16.7 Å². The van der Waals surface area contributed by atoms with Gasteiger partial charge in [-0.1, -0.05) is 66.7 Å². The molecule has 392 valence electrons. The average Bonchev–Trinajstić information content (AvgIpc) is 3.36. The number of anilines is 6. The maximum absolute atomic E-state index is 13.5. The van der Waals surface area contributed by atoms with E-state index in [0.29, 0.717) is 39.7 Å². The quantitative estimate of drug-likeness (QED) is 0.0605. The van der Waals surface area contributed by atoms with Crippen LogP contribution < -0.4 is 31.9 Å². The predicted molar refractivity (Wildman–Crippen MR) is 286 cm³/mol. The first-order chi connectivity index (χ1) is 35.9. The van der Waals surface area contributed by atoms with E-state index in [4.69, 9.17) is 19.7 Å². The Bertz CT molecular complexity index is 3180. The second-order valence-corrected chi connectivity index (χ2v) is 18.1. The molecule has 0 aliphatic rings. The van der Waals surface area contributed by atoms with E-state index in [2.05, 4.69) is 31.9 Å². The van der Waals surface area contributed by atoms with Gasteiger partial charge in [-0.15, -0.1) is 0 Å². The van der Waals surface area contributed by atoms with E-state index >= 15 is 0 Å². The fraction of sp³-hybridized carbons (Fsp3) is 0.140. The van der Waals surface area contributed by atoms with Crippen LogP contribution in [0.15, 0.2) is 170 Å². The fourth-order valence-electron chi connectivity index (χ4n) is 6.57. The van der Waals surface area contributed by atoms with Crippen molar-refractivity contribution in [3.05, 3.63) is 204 Å². The minimum absolute atomic E-state index is 0.0657. The zero-order valence-electron chi connectivity index (χ0n) is 42.0. The molecule has 0 radical (unpaired) electrons. The third-order valence-corrected chi connectivity index (χ3v) is 9.82. The standard InChI is InChI=1S/C24H24N2O3.C19H20N2O5.C14H10F2N2O3/c1-24(2,3)29-23(28)26-19-15-13-18(14-16-19)25-22(27)21-12-8-7-11-20(21)17-9-5-4-6-10-17;1-19(2,3)26-18(25)21-13-10-8-12(9-11-13)20-16(22)14-6-4-5-7-15(14)17(23)24;15-11-3-1-2-10(12(11)16)13(19)17-8-4-6-9(7-5-8)18-14(20)21/h4-16H,1-3H3,(H,25,27)(H,26,28);4-11H,1-3H3,(H,20,22)(H,21,25)(H,23,24);1-7,18H,(H,17,19)(H,20,21). The minimum atomic E-state index is -1.22. The average molecular weight is 1040 g/mol. The minimum Gasteiger partial charge on any atom is -0.478 e. The maximum Gasteiger partial charge on any atom is 0.412 e. The molecule has 8 N–H and O–H groups in total. The van der Waals surface area contributed by atoms with Gasteiger partial charge in [-0.3, -0.25) is 30.3 Å². The molecular formula is C57H54F2N6O11. The topological polar surface area (TPSA) is 251 Å². The Labute approximate surface area is 436 Å². The number of nitrogens with one attached hydrogen (secondary N) is 6. The Hall–Kier alpha value is -9.91. The van der Waals surface area contributed by atoms with Gasteiger partial charge in [-0.2, -0.15) is 0 Å². The Morgan fingerprint density at radius 1 is 0.382 bits per heavy atom. The van der Waals surface area contributed by atoms with Crippen molar-refractivity contribution >= 4 is 76.1 Å². The highest BCUT2D eigenvalue weighted by molar-refractivity contribution is 6.11. The zero-order chi connectivity index (χ0) is 55.6. The largest absolute Gasteiger partial charge is 0.478 e. The third kappa shape index (κ3) is 18.3. The van der Waals surface area contributed by atoms with Crippen LogP contribution >= 0.6 is 0 Å². The molecule has 7 aromatic rings. The van der Waals surface area contributed by atoms with Crippen molar-refractivity contribution in [2.75, 3.05) is 31.9 Å². The number of benzene rings is 7. The van der Waals surface area contributed by atoms with Crippen molar-refractivity contribution in [2.45, 2.75) is 52.7 Å². The summed E-state index contributed by atoms with van der Waals surface area (Å²) in [7, 11) is 0. The van der Waals surface area contributed by atoms with E-state index in [1.807, 2.05) is 48.5 Å². The number of carboxylic acids is 1. The van der Waals surface area contributed by atoms with Crippen molar-refractivity contribution in [3.8, 4) is 11.1 Å². The van der Waals surface area contributed by atoms with Gasteiger partial charge in [-0.25, -0.2) is 28.0 Å². The lowest BCUT2D eigenvalue weighted by atomic mass is 9.99. The molecule has 0 spiro atoms. The van der Waals surface area contributed by atoms with Gasteiger partial charge < -0.3 is 35.6 Å². The first-order valence-corrected chi connectivity index (χ1v) is 23.1. The molecule has 0 atom stereocenters. The number of amides is 6. The van der Waals surface area contributed by atoms with E-state index in [0.717, 1.165) is 23.3 Å². The summed E-state index contributed by atoms with van der Waals surface area (Å²) in [5.74, 6) is -5.03. The van der Waals surface area contributed by atoms with Gasteiger partial charge in [0.1, 0.15) is 11.2 Å². The summed E-state index contributed by atoms with van der Waals surface area (Å²) < 4.78 is 36.9. The number of carbonyl (C=O) groups excluding carboxylic acids is 5. The second-order valence-electron chi connectivity index (χ2n) is 18.1. The van der Waals surface area contributed by atoms with Gasteiger partial charge in [0, 0.05) is 39.7 Å². The highest BCUT2D eigenvalue weighted by Gasteiger charge is 2.20. The number of hydrogen-bond acceptors (Lipinski definition) is 9. The molecule has 6 amide bonds. The molecular weight excluding hydrogens is 983 g/mol. The van der Waals surface area contributed by atoms with E-state index < -0.39 is 64.5 Å². The first-order valence-electron chi connectivity index (χ1n) is 23.1. The molecule has 0 aliphatic carbocycles. The molecule has 0 saturated heterocycles. The summed E-state index contributed by atoms with van der Waals surface area (Å²) in [6, 6.07) is 45.5. The second kappa shape index (κ2) is 26.2. The van der Waals surface area contributed by atoms with Crippen molar-refractivity contribution in [1.29, 1.82) is 0 Å². The number of ether oxygens (including phenoxy) is 2. The molecule has 0 aliphatic heterocycles. The molecule has 0 heterocycles. The normalized spacial score (nSPS) is 10.6. The van der Waals surface area contributed by atoms with Gasteiger partial charge in [0.25, 0.3) is 17.7 Å². The van der Waals surface area contributed by atoms with Crippen LogP contribution in [-0.2, 0) is 9.47 Å². The lowest BCUT2D eigenvalue weighted by molar-refractivity contribution is 0.0624. The highest BCUT2D eigenvalue weighted by atomic mass is 19.2. The first kappa shape index (κ1) is 57.0. The molecule has 7 aromatic carbocycles. The Kier molecular flexibility index (Phi) is 19.6. The van der Waals surface area contributed by atoms with Crippen molar-refractivity contribution in [1.82, 2.24) is 0 Å². The highest BCUT2D eigenvalue weighted by Crippen LogP contribution is 2.26. The molecule has 0 unspecified atom stereocenters. The van der Waals surface area contributed by atoms with Crippen LogP contribution in [0.2, 0.25) is 0 Å². The van der Waals surface area contributed by atoms with E-state index in [1.165, 1.54) is 42.5 Å². The fourth-order valence-corrected chi connectivity index (χ4v) is 6.57. The summed E-state index contributed by atoms with van der Waals surface area (Å²) in [5, 5.41) is 33.0. The Balaban J connectivity index is 0.000000213. The molecule has 7 rings (SSSR count). The monoisotopic (exact) mass is 1040 g/mol. The predicted octanol–water partition coefficient (Wildman–Crippen LogP) is 13.2. The van der Waals surface area contributed by atoms with Crippen LogP contribution in [-0.4, -0.2) is 63.4 Å². The van der Waals surface area contributed by atoms with Crippen LogP contribution in [0.3, 0.4) is 0 Å². The Morgan fingerprint density at radius 2 is 0.724 bits per heavy atom. The number of hydrogen-bond donors (Lipinski definition) is 8. The molecule has 0 fully saturated rings. The maximum atomic E-state index is 13.5. The van der Waals surface area contributed by atoms with Gasteiger partial charge in [-0.05, 0) is 156 Å². The van der Waals surface area contributed by atoms with Crippen LogP contribution in [0.4, 0.5) is 57.3 Å². The van der Waals surface area contributed by atoms with Crippen LogP contribution in [0.5, 0.6) is 0 Å². The Morgan fingerprint density at radius 3 is 1.14 bits per heavy atom. The summed E-state index contributed by atoms with van der Waals surface area (Å²) >= 11 is 0.